The Morgan fingerprint density at radius 3 is 2.80 bits per heavy atom. The van der Waals surface area contributed by atoms with E-state index in [2.05, 4.69) is 20.5 Å². The monoisotopic (exact) mass is 444 g/mol. The minimum absolute atomic E-state index is 0.0515. The van der Waals surface area contributed by atoms with E-state index in [1.165, 1.54) is 6.20 Å². The molecule has 0 unspecified atom stereocenters. The lowest BCUT2D eigenvalue weighted by Gasteiger charge is -2.17. The summed E-state index contributed by atoms with van der Waals surface area (Å²) in [4.78, 5) is 6.73. The summed E-state index contributed by atoms with van der Waals surface area (Å²) in [6.45, 7) is 3.02. The molecule has 1 saturated heterocycles. The van der Waals surface area contributed by atoms with Crippen LogP contribution >= 0.6 is 11.6 Å². The van der Waals surface area contributed by atoms with Crippen molar-refractivity contribution in [1.82, 2.24) is 19.4 Å². The average molecular weight is 445 g/mol. The van der Waals surface area contributed by atoms with Gasteiger partial charge in [0.1, 0.15) is 0 Å². The van der Waals surface area contributed by atoms with Crippen LogP contribution in [0.4, 0.5) is 5.69 Å². The van der Waals surface area contributed by atoms with Crippen LogP contribution in [0.3, 0.4) is 0 Å². The van der Waals surface area contributed by atoms with E-state index in [4.69, 9.17) is 17.3 Å². The van der Waals surface area contributed by atoms with Gasteiger partial charge in [-0.3, -0.25) is 4.98 Å². The Labute approximate surface area is 179 Å². The number of nitrogens with two attached hydrogens (primary N) is 1. The molecule has 8 nitrogen and oxygen atoms in total. The number of aromatic nitrogens is 2. The summed E-state index contributed by atoms with van der Waals surface area (Å²) < 4.78 is 25.3. The van der Waals surface area contributed by atoms with Gasteiger partial charge in [0.15, 0.2) is 0 Å². The van der Waals surface area contributed by atoms with Crippen LogP contribution in [0.5, 0.6) is 0 Å². The third kappa shape index (κ3) is 3.75. The van der Waals surface area contributed by atoms with Gasteiger partial charge in [-0.2, -0.15) is 5.26 Å². The molecule has 3 N–H and O–H groups in total. The number of nitrogens with one attached hydrogen (secondary N) is 1. The molecule has 3 heterocycles. The van der Waals surface area contributed by atoms with Crippen LogP contribution < -0.4 is 10.6 Å². The van der Waals surface area contributed by atoms with Crippen molar-refractivity contribution in [1.29, 1.82) is 5.26 Å². The quantitative estimate of drug-likeness (QED) is 0.639. The Bertz CT molecular complexity index is 1290. The molecular weight excluding hydrogens is 424 g/mol. The number of benzene rings is 1. The summed E-state index contributed by atoms with van der Waals surface area (Å²) in [5, 5.41) is 12.5. The number of nitrogen functional groups attached to an aromatic ring is 1. The van der Waals surface area contributed by atoms with Gasteiger partial charge >= 0.3 is 0 Å². The highest BCUT2D eigenvalue weighted by Gasteiger charge is 2.28. The number of nitrogens with zero attached hydrogens (tertiary/aromatic N) is 4. The largest absolute Gasteiger partial charge is 0.396 e. The highest BCUT2D eigenvalue weighted by molar-refractivity contribution is 7.88. The van der Waals surface area contributed by atoms with Gasteiger partial charge in [0.25, 0.3) is 0 Å². The fourth-order valence-electron chi connectivity index (χ4n) is 3.97. The summed E-state index contributed by atoms with van der Waals surface area (Å²) in [6.07, 6.45) is 7.07. The number of aryl methyl sites for hydroxylation is 1. The maximum atomic E-state index is 11.6. The van der Waals surface area contributed by atoms with Crippen LogP contribution in [-0.2, 0) is 10.0 Å². The number of fused-ring (bicyclic) bond motifs is 1. The Balaban J connectivity index is 1.86. The Hall–Kier alpha value is -2.64. The lowest BCUT2D eigenvalue weighted by atomic mass is 10.0. The van der Waals surface area contributed by atoms with Gasteiger partial charge < -0.3 is 10.3 Å². The summed E-state index contributed by atoms with van der Waals surface area (Å²) in [5.74, 6) is 0. The molecule has 3 aromatic rings. The predicted octanol–water partition coefficient (Wildman–Crippen LogP) is 2.83. The summed E-state index contributed by atoms with van der Waals surface area (Å²) in [6, 6.07) is 6.13. The first kappa shape index (κ1) is 20.6. The molecule has 156 valence electrons. The molecule has 1 fully saturated rings. The first-order chi connectivity index (χ1) is 14.2. The number of pyridine rings is 1. The Morgan fingerprint density at radius 1 is 1.33 bits per heavy atom. The van der Waals surface area contributed by atoms with E-state index in [9.17, 15) is 13.7 Å². The fourth-order valence-corrected chi connectivity index (χ4v) is 4.81. The number of anilines is 1. The van der Waals surface area contributed by atoms with E-state index in [1.54, 1.807) is 11.2 Å². The van der Waals surface area contributed by atoms with Crippen molar-refractivity contribution in [2.24, 2.45) is 0 Å². The van der Waals surface area contributed by atoms with E-state index in [1.807, 2.05) is 25.3 Å². The Kier molecular flexibility index (Phi) is 5.20. The second-order valence-corrected chi connectivity index (χ2v) is 9.69. The lowest BCUT2D eigenvalue weighted by molar-refractivity contribution is 0.289. The van der Waals surface area contributed by atoms with Crippen LogP contribution in [-0.4, -0.2) is 42.3 Å². The maximum absolute atomic E-state index is 11.6. The predicted molar refractivity (Wildman–Crippen MR) is 117 cm³/mol. The van der Waals surface area contributed by atoms with Gasteiger partial charge in [-0.1, -0.05) is 11.6 Å². The van der Waals surface area contributed by atoms with Crippen LogP contribution in [0.1, 0.15) is 23.6 Å². The van der Waals surface area contributed by atoms with Crippen LogP contribution in [0.15, 0.2) is 30.7 Å². The molecule has 1 aromatic carbocycles. The van der Waals surface area contributed by atoms with Gasteiger partial charge in [0.05, 0.1) is 34.8 Å². The molecule has 2 aromatic heterocycles. The molecule has 0 amide bonds. The van der Waals surface area contributed by atoms with Crippen LogP contribution in [0, 0.1) is 18.3 Å². The first-order valence-corrected chi connectivity index (χ1v) is 11.6. The number of hydrogen-bond acceptors (Lipinski definition) is 6. The van der Waals surface area contributed by atoms with Gasteiger partial charge in [0, 0.05) is 53.6 Å². The van der Waals surface area contributed by atoms with E-state index in [-0.39, 0.29) is 6.04 Å². The zero-order valence-corrected chi connectivity index (χ0v) is 18.1. The molecule has 0 radical (unpaired) electrons. The van der Waals surface area contributed by atoms with Gasteiger partial charge in [-0.05, 0) is 31.0 Å². The molecule has 1 aliphatic rings. The SMILES string of the molecule is Cc1cc2c(cc1C#N)c(-c1cncc(N)c1Cl)cn2[C@@H]1CCN(NS(C)(=O)=O)C1. The second kappa shape index (κ2) is 7.56. The number of sulfonamides is 1. The normalized spacial score (nSPS) is 17.5. The summed E-state index contributed by atoms with van der Waals surface area (Å²) in [5.41, 5.74) is 10.3. The molecule has 30 heavy (non-hydrogen) atoms. The third-order valence-electron chi connectivity index (χ3n) is 5.35. The zero-order valence-electron chi connectivity index (χ0n) is 16.6. The van der Waals surface area contributed by atoms with E-state index in [0.717, 1.165) is 34.7 Å². The smallest absolute Gasteiger partial charge is 0.221 e. The average Bonchev–Trinajstić information content (AvgIpc) is 3.26. The number of rotatable bonds is 4. The van der Waals surface area contributed by atoms with Crippen LogP contribution in [0.25, 0.3) is 22.0 Å². The molecular formula is C20H21ClN6O2S. The van der Waals surface area contributed by atoms with Crippen molar-refractivity contribution in [2.75, 3.05) is 25.1 Å². The van der Waals surface area contributed by atoms with Crippen molar-refractivity contribution in [2.45, 2.75) is 19.4 Å². The zero-order chi connectivity index (χ0) is 21.6. The maximum Gasteiger partial charge on any atom is 0.221 e. The fraction of sp³-hybridized carbons (Fsp3) is 0.300. The molecule has 1 atom stereocenters. The van der Waals surface area contributed by atoms with Crippen molar-refractivity contribution in [3.8, 4) is 17.2 Å². The highest BCUT2D eigenvalue weighted by atomic mass is 35.5. The third-order valence-corrected chi connectivity index (χ3v) is 6.36. The van der Waals surface area contributed by atoms with E-state index < -0.39 is 10.0 Å². The molecule has 4 rings (SSSR count). The minimum atomic E-state index is -3.33. The molecule has 10 heteroatoms. The second-order valence-electron chi connectivity index (χ2n) is 7.59. The standard InChI is InChI=1S/C20H21ClN6O2S/c1-12-5-19-15(6-13(12)7-22)17(16-8-24-9-18(23)20(16)21)11-27(19)14-3-4-26(10-14)25-30(2,28)29/h5-6,8-9,11,14,25H,3-4,10,23H2,1-2H3/t14-/m1/s1. The van der Waals surface area contributed by atoms with Gasteiger partial charge in [-0.15, -0.1) is 4.83 Å². The molecule has 0 spiro atoms. The molecule has 1 aliphatic heterocycles. The number of hydrogen-bond donors (Lipinski definition) is 2. The van der Waals surface area contributed by atoms with Crippen molar-refractivity contribution >= 4 is 38.2 Å². The summed E-state index contributed by atoms with van der Waals surface area (Å²) >= 11 is 6.47. The van der Waals surface area contributed by atoms with E-state index >= 15 is 0 Å². The molecule has 0 saturated carbocycles. The molecule has 0 aliphatic carbocycles. The molecule has 0 bridgehead atoms. The lowest BCUT2D eigenvalue weighted by Crippen LogP contribution is -2.39. The van der Waals surface area contributed by atoms with Crippen LogP contribution in [0.2, 0.25) is 5.02 Å². The first-order valence-electron chi connectivity index (χ1n) is 9.35. The number of hydrazine groups is 1. The Morgan fingerprint density at radius 2 is 2.10 bits per heavy atom. The minimum Gasteiger partial charge on any atom is -0.396 e. The summed E-state index contributed by atoms with van der Waals surface area (Å²) in [7, 11) is -3.33. The van der Waals surface area contributed by atoms with Gasteiger partial charge in [0.2, 0.25) is 10.0 Å². The van der Waals surface area contributed by atoms with Crippen molar-refractivity contribution in [3.05, 3.63) is 46.9 Å². The van der Waals surface area contributed by atoms with Crippen molar-refractivity contribution < 1.29 is 8.42 Å². The van der Waals surface area contributed by atoms with Crippen molar-refractivity contribution in [3.63, 3.8) is 0 Å². The number of nitriles is 1. The highest BCUT2D eigenvalue weighted by Crippen LogP contribution is 2.40. The van der Waals surface area contributed by atoms with Gasteiger partial charge in [-0.25, -0.2) is 13.4 Å². The number of halogens is 1. The van der Waals surface area contributed by atoms with E-state index in [0.29, 0.717) is 34.9 Å². The topological polar surface area (TPSA) is 117 Å².